The van der Waals surface area contributed by atoms with Crippen LogP contribution in [0.3, 0.4) is 0 Å². The quantitative estimate of drug-likeness (QED) is 0.809. The Morgan fingerprint density at radius 3 is 2.62 bits per heavy atom. The number of amides is 2. The molecule has 112 valence electrons. The molecule has 1 unspecified atom stereocenters. The monoisotopic (exact) mass is 306 g/mol. The molecule has 0 fully saturated rings. The smallest absolute Gasteiger partial charge is 0.314 e. The van der Waals surface area contributed by atoms with Gasteiger partial charge in [0.15, 0.2) is 0 Å². The Morgan fingerprint density at radius 2 is 1.95 bits per heavy atom. The number of carbonyl (C=O) groups is 1. The lowest BCUT2D eigenvalue weighted by Gasteiger charge is -2.17. The van der Waals surface area contributed by atoms with E-state index < -0.39 is 6.67 Å². The molecular weight excluding hydrogens is 287 g/mol. The van der Waals surface area contributed by atoms with Gasteiger partial charge in [0.2, 0.25) is 0 Å². The Labute approximate surface area is 128 Å². The van der Waals surface area contributed by atoms with Gasteiger partial charge in [-0.15, -0.1) is 11.3 Å². The van der Waals surface area contributed by atoms with E-state index in [0.717, 1.165) is 6.42 Å². The van der Waals surface area contributed by atoms with Crippen molar-refractivity contribution >= 4 is 17.4 Å². The van der Waals surface area contributed by atoms with Crippen molar-refractivity contribution in [1.29, 1.82) is 0 Å². The number of alkyl halides is 1. The fourth-order valence-electron chi connectivity index (χ4n) is 2.13. The van der Waals surface area contributed by atoms with Crippen LogP contribution in [-0.2, 0) is 6.42 Å². The van der Waals surface area contributed by atoms with Crippen LogP contribution in [-0.4, -0.2) is 25.8 Å². The molecule has 3 nitrogen and oxygen atoms in total. The van der Waals surface area contributed by atoms with Crippen LogP contribution in [0.2, 0.25) is 0 Å². The summed E-state index contributed by atoms with van der Waals surface area (Å²) in [5.74, 6) is 0.225. The van der Waals surface area contributed by atoms with Gasteiger partial charge >= 0.3 is 6.03 Å². The van der Waals surface area contributed by atoms with Gasteiger partial charge in [-0.2, -0.15) is 0 Å². The zero-order valence-corrected chi connectivity index (χ0v) is 12.5. The molecule has 5 heteroatoms. The summed E-state index contributed by atoms with van der Waals surface area (Å²) in [4.78, 5) is 12.8. The largest absolute Gasteiger partial charge is 0.338 e. The van der Waals surface area contributed by atoms with Gasteiger partial charge in [-0.25, -0.2) is 9.18 Å². The number of carbonyl (C=O) groups excluding carboxylic acids is 1. The predicted octanol–water partition coefficient (Wildman–Crippen LogP) is 3.34. The molecule has 1 aromatic heterocycles. The molecule has 0 spiro atoms. The molecule has 2 rings (SSSR count). The highest BCUT2D eigenvalue weighted by Crippen LogP contribution is 2.24. The second-order valence-corrected chi connectivity index (χ2v) is 5.71. The molecule has 0 saturated heterocycles. The van der Waals surface area contributed by atoms with Gasteiger partial charge in [0, 0.05) is 23.9 Å². The summed E-state index contributed by atoms with van der Waals surface area (Å²) in [5, 5.41) is 7.33. The van der Waals surface area contributed by atoms with E-state index in [0.29, 0.717) is 6.54 Å². The molecule has 2 aromatic rings. The van der Waals surface area contributed by atoms with Crippen molar-refractivity contribution < 1.29 is 9.18 Å². The van der Waals surface area contributed by atoms with Gasteiger partial charge in [-0.1, -0.05) is 36.4 Å². The summed E-state index contributed by atoms with van der Waals surface area (Å²) in [6.45, 7) is 0.0352. The summed E-state index contributed by atoms with van der Waals surface area (Å²) in [6.07, 6.45) is 0.866. The molecule has 0 saturated carbocycles. The van der Waals surface area contributed by atoms with Gasteiger partial charge in [-0.3, -0.25) is 0 Å². The lowest BCUT2D eigenvalue weighted by Crippen LogP contribution is -2.38. The van der Waals surface area contributed by atoms with E-state index >= 15 is 0 Å². The molecule has 0 aliphatic heterocycles. The number of rotatable bonds is 7. The molecule has 0 bridgehead atoms. The zero-order valence-electron chi connectivity index (χ0n) is 11.7. The maximum absolute atomic E-state index is 12.0. The zero-order chi connectivity index (χ0) is 14.9. The Bertz CT molecular complexity index is 530. The van der Waals surface area contributed by atoms with Crippen LogP contribution in [0.4, 0.5) is 9.18 Å². The standard InChI is InChI=1S/C16H19FN2OS/c17-8-9-18-16(20)19-12-14(15-7-4-10-21-15)11-13-5-2-1-3-6-13/h1-7,10,14H,8-9,11-12H2,(H2,18,19,20). The Morgan fingerprint density at radius 1 is 1.14 bits per heavy atom. The van der Waals surface area contributed by atoms with Crippen LogP contribution in [0, 0.1) is 0 Å². The van der Waals surface area contributed by atoms with Crippen molar-refractivity contribution in [3.05, 3.63) is 58.3 Å². The van der Waals surface area contributed by atoms with Crippen molar-refractivity contribution in [2.45, 2.75) is 12.3 Å². The molecule has 1 heterocycles. The summed E-state index contributed by atoms with van der Waals surface area (Å²) in [5.41, 5.74) is 1.24. The molecule has 2 N–H and O–H groups in total. The van der Waals surface area contributed by atoms with E-state index in [-0.39, 0.29) is 18.5 Å². The third kappa shape index (κ3) is 5.19. The highest BCUT2D eigenvalue weighted by Gasteiger charge is 2.14. The Hall–Kier alpha value is -1.88. The molecule has 1 aromatic carbocycles. The van der Waals surface area contributed by atoms with Gasteiger partial charge in [0.1, 0.15) is 6.67 Å². The average molecular weight is 306 g/mol. The average Bonchev–Trinajstić information content (AvgIpc) is 3.04. The molecule has 1 atom stereocenters. The molecule has 0 aliphatic rings. The summed E-state index contributed by atoms with van der Waals surface area (Å²) in [7, 11) is 0. The van der Waals surface area contributed by atoms with E-state index in [1.807, 2.05) is 29.6 Å². The second-order valence-electron chi connectivity index (χ2n) is 4.73. The first-order valence-electron chi connectivity index (χ1n) is 6.94. The van der Waals surface area contributed by atoms with Gasteiger partial charge < -0.3 is 10.6 Å². The van der Waals surface area contributed by atoms with Crippen molar-refractivity contribution in [2.24, 2.45) is 0 Å². The van der Waals surface area contributed by atoms with Crippen molar-refractivity contribution in [2.75, 3.05) is 19.8 Å². The van der Waals surface area contributed by atoms with Crippen LogP contribution in [0.25, 0.3) is 0 Å². The van der Waals surface area contributed by atoms with Gasteiger partial charge in [-0.05, 0) is 23.4 Å². The SMILES string of the molecule is O=C(NCCF)NCC(Cc1ccccc1)c1cccs1. The van der Waals surface area contributed by atoms with Crippen LogP contribution < -0.4 is 10.6 Å². The van der Waals surface area contributed by atoms with Crippen LogP contribution in [0.5, 0.6) is 0 Å². The van der Waals surface area contributed by atoms with Crippen molar-refractivity contribution in [3.8, 4) is 0 Å². The Kier molecular flexibility index (Phi) is 6.22. The number of thiophene rings is 1. The summed E-state index contributed by atoms with van der Waals surface area (Å²) >= 11 is 1.69. The van der Waals surface area contributed by atoms with Crippen molar-refractivity contribution in [1.82, 2.24) is 10.6 Å². The number of benzene rings is 1. The first-order chi connectivity index (χ1) is 10.3. The van der Waals surface area contributed by atoms with Gasteiger partial charge in [0.25, 0.3) is 0 Å². The third-order valence-electron chi connectivity index (χ3n) is 3.16. The lowest BCUT2D eigenvalue weighted by atomic mass is 9.98. The molecule has 2 amide bonds. The van der Waals surface area contributed by atoms with Crippen LogP contribution >= 0.6 is 11.3 Å². The van der Waals surface area contributed by atoms with E-state index in [9.17, 15) is 9.18 Å². The van der Waals surface area contributed by atoms with Crippen molar-refractivity contribution in [3.63, 3.8) is 0 Å². The van der Waals surface area contributed by atoms with E-state index in [4.69, 9.17) is 0 Å². The molecule has 0 aliphatic carbocycles. The maximum atomic E-state index is 12.0. The highest BCUT2D eigenvalue weighted by atomic mass is 32.1. The van der Waals surface area contributed by atoms with E-state index in [2.05, 4.69) is 28.8 Å². The third-order valence-corrected chi connectivity index (χ3v) is 4.19. The van der Waals surface area contributed by atoms with Crippen LogP contribution in [0.1, 0.15) is 16.4 Å². The highest BCUT2D eigenvalue weighted by molar-refractivity contribution is 7.10. The first-order valence-corrected chi connectivity index (χ1v) is 7.82. The number of hydrogen-bond donors (Lipinski definition) is 2. The number of hydrogen-bond acceptors (Lipinski definition) is 2. The van der Waals surface area contributed by atoms with E-state index in [1.165, 1.54) is 10.4 Å². The normalized spacial score (nSPS) is 11.9. The fraction of sp³-hybridized carbons (Fsp3) is 0.312. The maximum Gasteiger partial charge on any atom is 0.314 e. The first kappa shape index (κ1) is 15.5. The molecule has 21 heavy (non-hydrogen) atoms. The van der Waals surface area contributed by atoms with E-state index in [1.54, 1.807) is 11.3 Å². The fourth-order valence-corrected chi connectivity index (χ4v) is 2.97. The summed E-state index contributed by atoms with van der Waals surface area (Å²) < 4.78 is 12.0. The Balaban J connectivity index is 1.95. The minimum Gasteiger partial charge on any atom is -0.338 e. The van der Waals surface area contributed by atoms with Crippen LogP contribution in [0.15, 0.2) is 47.8 Å². The predicted molar refractivity (Wildman–Crippen MR) is 84.6 cm³/mol. The minimum absolute atomic E-state index is 0.0498. The molecular formula is C16H19FN2OS. The minimum atomic E-state index is -0.550. The molecule has 0 radical (unpaired) electrons. The number of urea groups is 1. The number of nitrogens with one attached hydrogen (secondary N) is 2. The lowest BCUT2D eigenvalue weighted by molar-refractivity contribution is 0.239. The number of halogens is 1. The second kappa shape index (κ2) is 8.42. The topological polar surface area (TPSA) is 41.1 Å². The summed E-state index contributed by atoms with van der Waals surface area (Å²) in [6, 6.07) is 14.0. The van der Waals surface area contributed by atoms with Gasteiger partial charge in [0.05, 0.1) is 0 Å².